The number of nitrogens with zero attached hydrogens (tertiary/aromatic N) is 1. The molecule has 0 saturated heterocycles. The smallest absolute Gasteiger partial charge is 0.264 e. The number of nitrogen functional groups attached to an aromatic ring is 1. The molecular weight excluding hydrogens is 156 g/mol. The van der Waals surface area contributed by atoms with Crippen LogP contribution in [0.2, 0.25) is 0 Å². The molecule has 0 aromatic carbocycles. The van der Waals surface area contributed by atoms with Crippen LogP contribution in [0.25, 0.3) is 0 Å². The van der Waals surface area contributed by atoms with Crippen LogP contribution in [-0.4, -0.2) is 11.8 Å². The van der Waals surface area contributed by atoms with Gasteiger partial charge in [0.05, 0.1) is 6.61 Å². The van der Waals surface area contributed by atoms with Crippen LogP contribution in [0.15, 0.2) is 4.52 Å². The zero-order valence-corrected chi connectivity index (χ0v) is 7.04. The van der Waals surface area contributed by atoms with Gasteiger partial charge in [0.15, 0.2) is 0 Å². The summed E-state index contributed by atoms with van der Waals surface area (Å²) >= 11 is 0. The molecular formula is C8H12N2O2. The molecule has 0 aliphatic heterocycles. The zero-order valence-electron chi connectivity index (χ0n) is 7.04. The molecule has 66 valence electrons. The van der Waals surface area contributed by atoms with Gasteiger partial charge in [0.2, 0.25) is 5.75 Å². The summed E-state index contributed by atoms with van der Waals surface area (Å²) in [4.78, 5) is 0. The van der Waals surface area contributed by atoms with Gasteiger partial charge in [-0.15, -0.1) is 0 Å². The first-order chi connectivity index (χ1) is 5.83. The highest BCUT2D eigenvalue weighted by Crippen LogP contribution is 2.45. The molecule has 4 nitrogen and oxygen atoms in total. The average Bonchev–Trinajstić information content (AvgIpc) is 2.82. The van der Waals surface area contributed by atoms with Crippen molar-refractivity contribution < 1.29 is 9.26 Å². The van der Waals surface area contributed by atoms with Crippen LogP contribution in [0.3, 0.4) is 0 Å². The van der Waals surface area contributed by atoms with Crippen molar-refractivity contribution in [1.82, 2.24) is 5.16 Å². The molecule has 2 N–H and O–H groups in total. The Kier molecular flexibility index (Phi) is 1.67. The van der Waals surface area contributed by atoms with Crippen molar-refractivity contribution in [2.75, 3.05) is 12.3 Å². The standard InChI is InChI=1S/C8H12N2O2/c1-2-11-7-6(5-3-4-5)10-12-8(7)9/h5H,2-4,9H2,1H3. The lowest BCUT2D eigenvalue weighted by Gasteiger charge is -2.00. The van der Waals surface area contributed by atoms with Gasteiger partial charge in [0, 0.05) is 5.92 Å². The minimum absolute atomic E-state index is 0.304. The van der Waals surface area contributed by atoms with E-state index >= 15 is 0 Å². The summed E-state index contributed by atoms with van der Waals surface area (Å²) in [6.07, 6.45) is 2.35. The minimum atomic E-state index is 0.304. The van der Waals surface area contributed by atoms with Crippen LogP contribution in [0.5, 0.6) is 5.75 Å². The van der Waals surface area contributed by atoms with Gasteiger partial charge in [0.1, 0.15) is 5.69 Å². The fraction of sp³-hybridized carbons (Fsp3) is 0.625. The summed E-state index contributed by atoms with van der Waals surface area (Å²) < 4.78 is 10.2. The molecule has 0 radical (unpaired) electrons. The third-order valence-corrected chi connectivity index (χ3v) is 1.95. The lowest BCUT2D eigenvalue weighted by Crippen LogP contribution is -1.96. The van der Waals surface area contributed by atoms with E-state index in [1.165, 1.54) is 12.8 Å². The van der Waals surface area contributed by atoms with Crippen molar-refractivity contribution in [1.29, 1.82) is 0 Å². The van der Waals surface area contributed by atoms with Crippen molar-refractivity contribution in [2.45, 2.75) is 25.7 Å². The average molecular weight is 168 g/mol. The number of hydrogen-bond donors (Lipinski definition) is 1. The molecule has 1 saturated carbocycles. The van der Waals surface area contributed by atoms with Gasteiger partial charge >= 0.3 is 0 Å². The highest BCUT2D eigenvalue weighted by atomic mass is 16.5. The van der Waals surface area contributed by atoms with Crippen molar-refractivity contribution in [2.24, 2.45) is 0 Å². The quantitative estimate of drug-likeness (QED) is 0.743. The summed E-state index contributed by atoms with van der Waals surface area (Å²) in [5, 5.41) is 3.87. The van der Waals surface area contributed by atoms with Crippen LogP contribution in [0, 0.1) is 0 Å². The van der Waals surface area contributed by atoms with Crippen LogP contribution >= 0.6 is 0 Å². The van der Waals surface area contributed by atoms with E-state index in [1.807, 2.05) is 6.92 Å². The third-order valence-electron chi connectivity index (χ3n) is 1.95. The first-order valence-corrected chi connectivity index (χ1v) is 4.20. The van der Waals surface area contributed by atoms with E-state index in [9.17, 15) is 0 Å². The predicted molar refractivity (Wildman–Crippen MR) is 44.1 cm³/mol. The number of aromatic nitrogens is 1. The van der Waals surface area contributed by atoms with Crippen LogP contribution < -0.4 is 10.5 Å². The maximum absolute atomic E-state index is 5.54. The van der Waals surface area contributed by atoms with E-state index in [2.05, 4.69) is 5.16 Å². The van der Waals surface area contributed by atoms with Gasteiger partial charge in [-0.3, -0.25) is 0 Å². The van der Waals surface area contributed by atoms with Crippen molar-refractivity contribution in [3.8, 4) is 5.75 Å². The number of ether oxygens (including phenoxy) is 1. The summed E-state index contributed by atoms with van der Waals surface area (Å²) in [7, 11) is 0. The molecule has 4 heteroatoms. The number of hydrogen-bond acceptors (Lipinski definition) is 4. The van der Waals surface area contributed by atoms with E-state index in [1.54, 1.807) is 0 Å². The van der Waals surface area contributed by atoms with E-state index in [-0.39, 0.29) is 0 Å². The van der Waals surface area contributed by atoms with Crippen molar-refractivity contribution >= 4 is 5.88 Å². The van der Waals surface area contributed by atoms with Crippen molar-refractivity contribution in [3.05, 3.63) is 5.69 Å². The lowest BCUT2D eigenvalue weighted by molar-refractivity contribution is 0.336. The second-order valence-corrected chi connectivity index (χ2v) is 2.97. The minimum Gasteiger partial charge on any atom is -0.487 e. The van der Waals surface area contributed by atoms with Gasteiger partial charge in [-0.05, 0) is 19.8 Å². The molecule has 0 amide bonds. The molecule has 12 heavy (non-hydrogen) atoms. The molecule has 1 heterocycles. The summed E-state index contributed by atoms with van der Waals surface area (Å²) in [6, 6.07) is 0. The molecule has 1 fully saturated rings. The molecule has 1 aromatic heterocycles. The highest BCUT2D eigenvalue weighted by molar-refractivity contribution is 5.48. The maximum Gasteiger partial charge on any atom is 0.264 e. The Morgan fingerprint density at radius 2 is 2.42 bits per heavy atom. The maximum atomic E-state index is 5.54. The van der Waals surface area contributed by atoms with Gasteiger partial charge < -0.3 is 15.0 Å². The Balaban J connectivity index is 2.26. The summed E-state index contributed by atoms with van der Waals surface area (Å²) in [5.41, 5.74) is 6.44. The largest absolute Gasteiger partial charge is 0.487 e. The lowest BCUT2D eigenvalue weighted by atomic mass is 10.3. The first kappa shape index (κ1) is 7.46. The Morgan fingerprint density at radius 3 is 3.00 bits per heavy atom. The van der Waals surface area contributed by atoms with Crippen LogP contribution in [0.1, 0.15) is 31.4 Å². The molecule has 0 atom stereocenters. The van der Waals surface area contributed by atoms with E-state index in [0.29, 0.717) is 24.2 Å². The zero-order chi connectivity index (χ0) is 8.55. The summed E-state index contributed by atoms with van der Waals surface area (Å²) in [6.45, 7) is 2.52. The Morgan fingerprint density at radius 1 is 1.67 bits per heavy atom. The van der Waals surface area contributed by atoms with Gasteiger partial charge in [-0.2, -0.15) is 0 Å². The second kappa shape index (κ2) is 2.69. The topological polar surface area (TPSA) is 61.3 Å². The SMILES string of the molecule is CCOc1c(C2CC2)noc1N. The molecule has 1 aromatic rings. The molecule has 0 spiro atoms. The number of anilines is 1. The molecule has 2 rings (SSSR count). The number of rotatable bonds is 3. The van der Waals surface area contributed by atoms with E-state index in [0.717, 1.165) is 5.69 Å². The van der Waals surface area contributed by atoms with Gasteiger partial charge in [0.25, 0.3) is 5.88 Å². The summed E-state index contributed by atoms with van der Waals surface area (Å²) in [5.74, 6) is 1.48. The number of nitrogens with two attached hydrogens (primary N) is 1. The fourth-order valence-electron chi connectivity index (χ4n) is 1.21. The molecule has 0 bridgehead atoms. The van der Waals surface area contributed by atoms with E-state index in [4.69, 9.17) is 15.0 Å². The predicted octanol–water partition coefficient (Wildman–Crippen LogP) is 1.53. The highest BCUT2D eigenvalue weighted by Gasteiger charge is 2.32. The van der Waals surface area contributed by atoms with E-state index < -0.39 is 0 Å². The second-order valence-electron chi connectivity index (χ2n) is 2.97. The Bertz CT molecular complexity index is 279. The fourth-order valence-corrected chi connectivity index (χ4v) is 1.21. The Labute approximate surface area is 70.7 Å². The van der Waals surface area contributed by atoms with Crippen LogP contribution in [0.4, 0.5) is 5.88 Å². The monoisotopic (exact) mass is 168 g/mol. The molecule has 1 aliphatic rings. The first-order valence-electron chi connectivity index (χ1n) is 4.20. The van der Waals surface area contributed by atoms with Gasteiger partial charge in [-0.1, -0.05) is 5.16 Å². The molecule has 1 aliphatic carbocycles. The molecule has 0 unspecified atom stereocenters. The normalized spacial score (nSPS) is 16.4. The third kappa shape index (κ3) is 1.13. The van der Waals surface area contributed by atoms with Crippen LogP contribution in [-0.2, 0) is 0 Å². The van der Waals surface area contributed by atoms with Crippen molar-refractivity contribution in [3.63, 3.8) is 0 Å². The Hall–Kier alpha value is -1.19. The van der Waals surface area contributed by atoms with Gasteiger partial charge in [-0.25, -0.2) is 0 Å².